The average Bonchev–Trinajstić information content (AvgIpc) is 2.86. The van der Waals surface area contributed by atoms with Crippen molar-refractivity contribution in [2.75, 3.05) is 0 Å². The minimum absolute atomic E-state index is 0.415. The first-order valence-electron chi connectivity index (χ1n) is 11.1. The summed E-state index contributed by atoms with van der Waals surface area (Å²) >= 11 is 0. The van der Waals surface area contributed by atoms with Gasteiger partial charge in [-0.25, -0.2) is 0 Å². The van der Waals surface area contributed by atoms with Crippen molar-refractivity contribution in [2.45, 2.75) is 26.7 Å². The number of benzene rings is 4. The summed E-state index contributed by atoms with van der Waals surface area (Å²) in [6.45, 7) is 4.15. The van der Waals surface area contributed by atoms with Gasteiger partial charge in [-0.1, -0.05) is 86.6 Å². The third kappa shape index (κ3) is 5.85. The van der Waals surface area contributed by atoms with E-state index in [0.29, 0.717) is 17.2 Å². The van der Waals surface area contributed by atoms with Crippen LogP contribution in [-0.2, 0) is 17.4 Å². The summed E-state index contributed by atoms with van der Waals surface area (Å²) < 4.78 is 31.7. The fraction of sp³-hybridized carbons (Fsp3) is 0.143. The highest BCUT2D eigenvalue weighted by molar-refractivity contribution is 7.49. The molecule has 33 heavy (non-hydrogen) atoms. The van der Waals surface area contributed by atoms with E-state index in [2.05, 4.69) is 13.8 Å². The number of para-hydroxylation sites is 1. The molecule has 4 nitrogen and oxygen atoms in total. The van der Waals surface area contributed by atoms with Crippen LogP contribution in [0.15, 0.2) is 103 Å². The highest BCUT2D eigenvalue weighted by atomic mass is 31.2. The molecule has 168 valence electrons. The Morgan fingerprint density at radius 2 is 1.06 bits per heavy atom. The fourth-order valence-electron chi connectivity index (χ4n) is 3.41. The molecule has 0 saturated carbocycles. The van der Waals surface area contributed by atoms with Gasteiger partial charge < -0.3 is 13.6 Å². The van der Waals surface area contributed by atoms with E-state index < -0.39 is 7.82 Å². The number of hydrogen-bond acceptors (Lipinski definition) is 4. The maximum Gasteiger partial charge on any atom is 0.647 e. The smallest absolute Gasteiger partial charge is 0.386 e. The van der Waals surface area contributed by atoms with Gasteiger partial charge in [0.15, 0.2) is 0 Å². The Morgan fingerprint density at radius 3 is 1.58 bits per heavy atom. The quantitative estimate of drug-likeness (QED) is 0.238. The zero-order valence-corrected chi connectivity index (χ0v) is 19.7. The van der Waals surface area contributed by atoms with E-state index in [9.17, 15) is 4.57 Å². The van der Waals surface area contributed by atoms with E-state index >= 15 is 0 Å². The van der Waals surface area contributed by atoms with Gasteiger partial charge >= 0.3 is 7.82 Å². The van der Waals surface area contributed by atoms with Gasteiger partial charge in [0.05, 0.1) is 0 Å². The first kappa shape index (κ1) is 22.7. The molecular formula is C28H27O4P. The Kier molecular flexibility index (Phi) is 7.16. The van der Waals surface area contributed by atoms with Gasteiger partial charge in [0, 0.05) is 5.56 Å². The number of phosphoric acid groups is 1. The van der Waals surface area contributed by atoms with Crippen molar-refractivity contribution >= 4 is 7.82 Å². The van der Waals surface area contributed by atoms with Crippen LogP contribution in [0.4, 0.5) is 0 Å². The first-order valence-corrected chi connectivity index (χ1v) is 12.6. The largest absolute Gasteiger partial charge is 0.647 e. The van der Waals surface area contributed by atoms with Crippen molar-refractivity contribution in [1.29, 1.82) is 0 Å². The predicted molar refractivity (Wildman–Crippen MR) is 133 cm³/mol. The molecule has 0 heterocycles. The summed E-state index contributed by atoms with van der Waals surface area (Å²) in [5.74, 6) is 1.25. The van der Waals surface area contributed by atoms with E-state index in [1.165, 1.54) is 0 Å². The summed E-state index contributed by atoms with van der Waals surface area (Å²) in [7, 11) is -4.08. The normalized spacial score (nSPS) is 11.1. The Labute approximate surface area is 195 Å². The number of rotatable bonds is 9. The summed E-state index contributed by atoms with van der Waals surface area (Å²) in [5, 5.41) is 0. The van der Waals surface area contributed by atoms with Crippen LogP contribution in [0.5, 0.6) is 17.2 Å². The van der Waals surface area contributed by atoms with E-state index in [1.54, 1.807) is 30.3 Å². The first-order chi connectivity index (χ1) is 16.1. The van der Waals surface area contributed by atoms with Crippen LogP contribution in [0.25, 0.3) is 11.1 Å². The van der Waals surface area contributed by atoms with Crippen LogP contribution in [-0.4, -0.2) is 0 Å². The van der Waals surface area contributed by atoms with Gasteiger partial charge in [-0.3, -0.25) is 0 Å². The third-order valence-corrected chi connectivity index (χ3v) is 6.57. The second kappa shape index (κ2) is 10.4. The topological polar surface area (TPSA) is 44.8 Å². The molecule has 0 saturated heterocycles. The highest BCUT2D eigenvalue weighted by Crippen LogP contribution is 2.51. The molecule has 0 aromatic heterocycles. The Hall–Kier alpha value is -3.49. The lowest BCUT2D eigenvalue weighted by molar-refractivity contribution is 0.299. The number of phosphoric ester groups is 1. The highest BCUT2D eigenvalue weighted by Gasteiger charge is 2.34. The molecule has 0 N–H and O–H groups in total. The molecule has 0 aliphatic heterocycles. The minimum atomic E-state index is -4.08. The lowest BCUT2D eigenvalue weighted by atomic mass is 10.1. The molecule has 4 rings (SSSR count). The predicted octanol–water partition coefficient (Wildman–Crippen LogP) is 8.12. The standard InChI is InChI=1S/C28H27O4P/c1-3-22-14-18-25(19-15-22)30-33(29,31-26-20-16-23(4-2)17-21-26)32-28-13-9-8-12-27(28)24-10-6-5-7-11-24/h5-21H,3-4H2,1-2H3. The van der Waals surface area contributed by atoms with Crippen LogP contribution >= 0.6 is 7.82 Å². The molecule has 0 spiro atoms. The van der Waals surface area contributed by atoms with Gasteiger partial charge in [0.25, 0.3) is 0 Å². The third-order valence-electron chi connectivity index (χ3n) is 5.28. The van der Waals surface area contributed by atoms with Crippen molar-refractivity contribution in [1.82, 2.24) is 0 Å². The Bertz CT molecular complexity index is 1170. The molecular weight excluding hydrogens is 431 g/mol. The van der Waals surface area contributed by atoms with Crippen LogP contribution in [0.1, 0.15) is 25.0 Å². The van der Waals surface area contributed by atoms with E-state index in [1.807, 2.05) is 72.8 Å². The Morgan fingerprint density at radius 1 is 0.576 bits per heavy atom. The molecule has 0 aliphatic rings. The van der Waals surface area contributed by atoms with E-state index in [4.69, 9.17) is 13.6 Å². The van der Waals surface area contributed by atoms with Crippen molar-refractivity contribution in [3.63, 3.8) is 0 Å². The van der Waals surface area contributed by atoms with Gasteiger partial charge in [0.1, 0.15) is 17.2 Å². The monoisotopic (exact) mass is 458 g/mol. The molecule has 0 atom stereocenters. The van der Waals surface area contributed by atoms with Crippen molar-refractivity contribution in [2.24, 2.45) is 0 Å². The zero-order chi connectivity index (χ0) is 23.1. The molecule has 0 aliphatic carbocycles. The molecule has 0 unspecified atom stereocenters. The van der Waals surface area contributed by atoms with Gasteiger partial charge in [-0.15, -0.1) is 0 Å². The summed E-state index contributed by atoms with van der Waals surface area (Å²) in [6.07, 6.45) is 1.80. The van der Waals surface area contributed by atoms with Crippen LogP contribution in [0, 0.1) is 0 Å². The molecule has 0 amide bonds. The number of hydrogen-bond donors (Lipinski definition) is 0. The van der Waals surface area contributed by atoms with Gasteiger partial charge in [-0.2, -0.15) is 4.57 Å². The van der Waals surface area contributed by atoms with E-state index in [-0.39, 0.29) is 0 Å². The molecule has 0 radical (unpaired) electrons. The van der Waals surface area contributed by atoms with Gasteiger partial charge in [-0.05, 0) is 59.9 Å². The fourth-order valence-corrected chi connectivity index (χ4v) is 4.68. The summed E-state index contributed by atoms with van der Waals surface area (Å²) in [6, 6.07) is 32.1. The maximum absolute atomic E-state index is 13.9. The van der Waals surface area contributed by atoms with Gasteiger partial charge in [0.2, 0.25) is 0 Å². The van der Waals surface area contributed by atoms with Crippen LogP contribution < -0.4 is 13.6 Å². The molecule has 4 aromatic rings. The van der Waals surface area contributed by atoms with Crippen molar-refractivity contribution in [3.8, 4) is 28.4 Å². The van der Waals surface area contributed by atoms with Crippen LogP contribution in [0.3, 0.4) is 0 Å². The second-order valence-corrected chi connectivity index (χ2v) is 9.02. The Balaban J connectivity index is 1.68. The van der Waals surface area contributed by atoms with E-state index in [0.717, 1.165) is 35.1 Å². The zero-order valence-electron chi connectivity index (χ0n) is 18.8. The van der Waals surface area contributed by atoms with Crippen LogP contribution in [0.2, 0.25) is 0 Å². The molecule has 5 heteroatoms. The van der Waals surface area contributed by atoms with Crippen molar-refractivity contribution < 1.29 is 18.1 Å². The minimum Gasteiger partial charge on any atom is -0.386 e. The second-order valence-electron chi connectivity index (χ2n) is 7.58. The maximum atomic E-state index is 13.9. The molecule has 4 aromatic carbocycles. The number of aryl methyl sites for hydroxylation is 2. The molecule has 0 bridgehead atoms. The summed E-state index contributed by atoms with van der Waals surface area (Å²) in [5.41, 5.74) is 4.06. The molecule has 0 fully saturated rings. The lowest BCUT2D eigenvalue weighted by Crippen LogP contribution is -2.08. The lowest BCUT2D eigenvalue weighted by Gasteiger charge is -2.21. The SMILES string of the molecule is CCc1ccc(OP(=O)(Oc2ccc(CC)cc2)Oc2ccccc2-c2ccccc2)cc1. The average molecular weight is 458 g/mol. The summed E-state index contributed by atoms with van der Waals surface area (Å²) in [4.78, 5) is 0. The van der Waals surface area contributed by atoms with Crippen molar-refractivity contribution in [3.05, 3.63) is 114 Å².